The second-order valence-corrected chi connectivity index (χ2v) is 3.63. The van der Waals surface area contributed by atoms with Gasteiger partial charge in [-0.2, -0.15) is 0 Å². The summed E-state index contributed by atoms with van der Waals surface area (Å²) in [5.74, 6) is 0. The van der Waals surface area contributed by atoms with Crippen LogP contribution in [0, 0.1) is 0 Å². The van der Waals surface area contributed by atoms with Crippen LogP contribution in [0.1, 0.15) is 13.3 Å². The Labute approximate surface area is 54.7 Å². The highest BCUT2D eigenvalue weighted by atomic mass is 31.2. The molecule has 0 aromatic carbocycles. The molecule has 0 saturated heterocycles. The Balaban J connectivity index is 0. The average molecular weight is 156 g/mol. The average Bonchev–Trinajstić information content (AvgIpc) is 1.67. The molecular formula is C4H13O4P. The molecule has 0 radical (unpaired) electrons. The molecule has 3 N–H and O–H groups in total. The largest absolute Gasteiger partial charge is 0.412 e. The molecule has 0 aliphatic carbocycles. The topological polar surface area (TPSA) is 78.0 Å². The Morgan fingerprint density at radius 3 is 2.22 bits per heavy atom. The third kappa shape index (κ3) is 5.99. The highest BCUT2D eigenvalue weighted by molar-refractivity contribution is 7.52. The maximum Gasteiger partial charge on any atom is 0.327 e. The minimum absolute atomic E-state index is 0. The molecule has 0 aromatic heterocycles. The maximum absolute atomic E-state index is 10.5. The smallest absolute Gasteiger partial charge is 0.327 e. The van der Waals surface area contributed by atoms with E-state index in [1.807, 2.05) is 6.92 Å². The van der Waals surface area contributed by atoms with Gasteiger partial charge in [-0.25, -0.2) is 0 Å². The van der Waals surface area contributed by atoms with Crippen LogP contribution in [0.15, 0.2) is 0 Å². The molecule has 9 heavy (non-hydrogen) atoms. The molecule has 1 unspecified atom stereocenters. The van der Waals surface area contributed by atoms with Crippen molar-refractivity contribution in [3.8, 4) is 0 Å². The van der Waals surface area contributed by atoms with Crippen molar-refractivity contribution in [1.29, 1.82) is 0 Å². The summed E-state index contributed by atoms with van der Waals surface area (Å²) in [7, 11) is -1.93. The predicted molar refractivity (Wildman–Crippen MR) is 35.6 cm³/mol. The Kier molecular flexibility index (Phi) is 6.51. The molecule has 0 amide bonds. The Morgan fingerprint density at radius 1 is 1.67 bits per heavy atom. The van der Waals surface area contributed by atoms with Gasteiger partial charge in [-0.3, -0.25) is 4.57 Å². The van der Waals surface area contributed by atoms with Crippen LogP contribution in [0.3, 0.4) is 0 Å². The van der Waals surface area contributed by atoms with Gasteiger partial charge in [0.1, 0.15) is 0 Å². The minimum atomic E-state index is -3.17. The predicted octanol–water partition coefficient (Wildman–Crippen LogP) is 0.403. The van der Waals surface area contributed by atoms with Crippen LogP contribution in [0.5, 0.6) is 0 Å². The van der Waals surface area contributed by atoms with E-state index in [0.717, 1.165) is 0 Å². The first-order chi connectivity index (χ1) is 3.62. The van der Waals surface area contributed by atoms with E-state index in [1.165, 1.54) is 7.11 Å². The first kappa shape index (κ1) is 11.9. The molecular weight excluding hydrogens is 143 g/mol. The molecule has 0 rings (SSSR count). The quantitative estimate of drug-likeness (QED) is 0.601. The normalized spacial score (nSPS) is 15.9. The van der Waals surface area contributed by atoms with Crippen molar-refractivity contribution < 1.29 is 19.5 Å². The van der Waals surface area contributed by atoms with E-state index in [4.69, 9.17) is 4.89 Å². The van der Waals surface area contributed by atoms with Crippen LogP contribution in [-0.2, 0) is 9.09 Å². The van der Waals surface area contributed by atoms with E-state index in [0.29, 0.717) is 6.42 Å². The maximum atomic E-state index is 10.5. The van der Waals surface area contributed by atoms with Crippen LogP contribution in [0.4, 0.5) is 0 Å². The number of rotatable bonds is 3. The van der Waals surface area contributed by atoms with Crippen molar-refractivity contribution in [1.82, 2.24) is 0 Å². The van der Waals surface area contributed by atoms with Gasteiger partial charge in [0.25, 0.3) is 0 Å². The Bertz CT molecular complexity index is 103. The van der Waals surface area contributed by atoms with Crippen LogP contribution in [-0.4, -0.2) is 23.6 Å². The van der Waals surface area contributed by atoms with Gasteiger partial charge in [-0.15, -0.1) is 0 Å². The highest BCUT2D eigenvalue weighted by Gasteiger charge is 2.13. The van der Waals surface area contributed by atoms with Crippen LogP contribution >= 0.6 is 7.60 Å². The van der Waals surface area contributed by atoms with Crippen molar-refractivity contribution in [2.45, 2.75) is 13.3 Å². The fourth-order valence-electron chi connectivity index (χ4n) is 0.374. The van der Waals surface area contributed by atoms with Gasteiger partial charge >= 0.3 is 7.60 Å². The first-order valence-corrected chi connectivity index (χ1v) is 4.26. The summed E-state index contributed by atoms with van der Waals surface area (Å²) in [6.45, 7) is 1.84. The molecule has 0 heterocycles. The van der Waals surface area contributed by atoms with Crippen molar-refractivity contribution in [3.05, 3.63) is 0 Å². The summed E-state index contributed by atoms with van der Waals surface area (Å²) in [4.78, 5) is 8.66. The summed E-state index contributed by atoms with van der Waals surface area (Å²) in [6.07, 6.45) is 0.936. The monoisotopic (exact) mass is 156 g/mol. The minimum Gasteiger partial charge on any atom is -0.412 e. The Hall–Kier alpha value is 0.110. The van der Waals surface area contributed by atoms with Crippen molar-refractivity contribution in [2.24, 2.45) is 0 Å². The number of hydrogen-bond acceptors (Lipinski definition) is 2. The van der Waals surface area contributed by atoms with Crippen LogP contribution in [0.2, 0.25) is 0 Å². The van der Waals surface area contributed by atoms with Crippen molar-refractivity contribution in [3.63, 3.8) is 0 Å². The van der Waals surface area contributed by atoms with Gasteiger partial charge in [0, 0.05) is 13.3 Å². The zero-order chi connectivity index (χ0) is 6.62. The molecule has 0 saturated carbocycles. The van der Waals surface area contributed by atoms with Gasteiger partial charge in [0.2, 0.25) is 0 Å². The van der Waals surface area contributed by atoms with Crippen LogP contribution in [0.25, 0.3) is 0 Å². The fourth-order valence-corrected chi connectivity index (χ4v) is 1.12. The second kappa shape index (κ2) is 4.94. The van der Waals surface area contributed by atoms with Gasteiger partial charge in [-0.05, 0) is 6.42 Å². The van der Waals surface area contributed by atoms with E-state index in [1.54, 1.807) is 0 Å². The van der Waals surface area contributed by atoms with E-state index >= 15 is 0 Å². The van der Waals surface area contributed by atoms with Gasteiger partial charge in [-0.1, -0.05) is 6.92 Å². The molecule has 5 heteroatoms. The summed E-state index contributed by atoms with van der Waals surface area (Å²) >= 11 is 0. The van der Waals surface area contributed by atoms with Gasteiger partial charge in [0.15, 0.2) is 0 Å². The summed E-state index contributed by atoms with van der Waals surface area (Å²) in [5.41, 5.74) is 0. The van der Waals surface area contributed by atoms with Gasteiger partial charge < -0.3 is 14.9 Å². The zero-order valence-electron chi connectivity index (χ0n) is 5.63. The summed E-state index contributed by atoms with van der Waals surface area (Å²) < 4.78 is 14.8. The lowest BCUT2D eigenvalue weighted by Crippen LogP contribution is -1.87. The lowest BCUT2D eigenvalue weighted by molar-refractivity contribution is 0.315. The molecule has 4 nitrogen and oxygen atoms in total. The summed E-state index contributed by atoms with van der Waals surface area (Å²) in [5, 5.41) is 0. The lowest BCUT2D eigenvalue weighted by atomic mass is 10.6. The SMILES string of the molecule is CCCP(=O)(O)OC.O. The third-order valence-corrected chi connectivity index (χ3v) is 2.37. The lowest BCUT2D eigenvalue weighted by Gasteiger charge is -2.04. The molecule has 0 bridgehead atoms. The second-order valence-electron chi connectivity index (χ2n) is 1.54. The fraction of sp³-hybridized carbons (Fsp3) is 1.00. The molecule has 0 aliphatic rings. The standard InChI is InChI=1S/C4H11O3P.H2O/c1-3-4-8(5,6)7-2;/h3-4H2,1-2H3,(H,5,6);1H2. The first-order valence-electron chi connectivity index (χ1n) is 2.50. The molecule has 0 aliphatic heterocycles. The molecule has 58 valence electrons. The molecule has 1 atom stereocenters. The van der Waals surface area contributed by atoms with E-state index in [2.05, 4.69) is 4.52 Å². The molecule has 0 fully saturated rings. The van der Waals surface area contributed by atoms with Crippen molar-refractivity contribution in [2.75, 3.05) is 13.3 Å². The van der Waals surface area contributed by atoms with Crippen LogP contribution < -0.4 is 0 Å². The summed E-state index contributed by atoms with van der Waals surface area (Å²) in [6, 6.07) is 0. The molecule has 0 aromatic rings. The number of hydrogen-bond donors (Lipinski definition) is 1. The molecule has 0 spiro atoms. The zero-order valence-corrected chi connectivity index (χ0v) is 6.52. The van der Waals surface area contributed by atoms with E-state index in [9.17, 15) is 4.57 Å². The van der Waals surface area contributed by atoms with E-state index < -0.39 is 7.60 Å². The Morgan fingerprint density at radius 2 is 2.11 bits per heavy atom. The highest BCUT2D eigenvalue weighted by Crippen LogP contribution is 2.40. The van der Waals surface area contributed by atoms with Gasteiger partial charge in [0.05, 0.1) is 0 Å². The van der Waals surface area contributed by atoms with E-state index in [-0.39, 0.29) is 11.6 Å². The van der Waals surface area contributed by atoms with Crippen molar-refractivity contribution >= 4 is 7.60 Å². The third-order valence-electron chi connectivity index (χ3n) is 0.791.